The second kappa shape index (κ2) is 4.39. The highest BCUT2D eigenvalue weighted by Crippen LogP contribution is 2.38. The molecule has 1 heterocycles. The fourth-order valence-corrected chi connectivity index (χ4v) is 2.57. The van der Waals surface area contributed by atoms with Gasteiger partial charge in [0.15, 0.2) is 0 Å². The number of nitrogens with zero attached hydrogens (tertiary/aromatic N) is 1. The van der Waals surface area contributed by atoms with Crippen molar-refractivity contribution in [3.05, 3.63) is 29.3 Å². The molecule has 0 bridgehead atoms. The lowest BCUT2D eigenvalue weighted by Gasteiger charge is -2.23. The monoisotopic (exact) mass is 287 g/mol. The minimum absolute atomic E-state index is 0.210. The van der Waals surface area contributed by atoms with E-state index in [0.717, 1.165) is 17.7 Å². The predicted molar refractivity (Wildman–Crippen MR) is 76.8 cm³/mol. The Morgan fingerprint density at radius 2 is 1.90 bits per heavy atom. The normalized spacial score (nSPS) is 20.2. The van der Waals surface area contributed by atoms with Crippen molar-refractivity contribution >= 4 is 23.4 Å². The largest absolute Gasteiger partial charge is 0.324 e. The van der Waals surface area contributed by atoms with E-state index in [1.807, 2.05) is 0 Å². The summed E-state index contributed by atoms with van der Waals surface area (Å²) in [6.07, 6.45) is 1.92. The third-order valence-corrected chi connectivity index (χ3v) is 4.26. The summed E-state index contributed by atoms with van der Waals surface area (Å²) in [4.78, 5) is 37.0. The quantitative estimate of drug-likeness (QED) is 0.810. The number of amides is 3. The second-order valence-electron chi connectivity index (χ2n) is 5.94. The van der Waals surface area contributed by atoms with E-state index >= 15 is 0 Å². The summed E-state index contributed by atoms with van der Waals surface area (Å²) in [6.45, 7) is 1.72. The molecule has 0 radical (unpaired) electrons. The maximum Gasteiger partial charge on any atom is 0.261 e. The van der Waals surface area contributed by atoms with Crippen molar-refractivity contribution in [3.8, 4) is 0 Å². The Morgan fingerprint density at radius 1 is 1.29 bits per heavy atom. The molecule has 1 aliphatic heterocycles. The number of fused-ring (bicyclic) bond motifs is 1. The lowest BCUT2D eigenvalue weighted by molar-refractivity contribution is -0.121. The van der Waals surface area contributed by atoms with Gasteiger partial charge in [-0.3, -0.25) is 19.3 Å². The van der Waals surface area contributed by atoms with Crippen molar-refractivity contribution in [1.82, 2.24) is 4.90 Å². The molecule has 0 aromatic heterocycles. The summed E-state index contributed by atoms with van der Waals surface area (Å²) in [7, 11) is 1.44. The molecule has 1 fully saturated rings. The molecule has 3 rings (SSSR count). The number of benzene rings is 1. The number of nitrogens with one attached hydrogen (secondary N) is 1. The summed E-state index contributed by atoms with van der Waals surface area (Å²) < 4.78 is 0. The topological polar surface area (TPSA) is 92.5 Å². The van der Waals surface area contributed by atoms with Gasteiger partial charge in [0.05, 0.1) is 16.7 Å². The Hall–Kier alpha value is -2.21. The Morgan fingerprint density at radius 3 is 2.52 bits per heavy atom. The smallest absolute Gasteiger partial charge is 0.261 e. The number of hydrogen-bond donors (Lipinski definition) is 2. The van der Waals surface area contributed by atoms with Gasteiger partial charge in [0, 0.05) is 12.7 Å². The maximum absolute atomic E-state index is 12.2. The van der Waals surface area contributed by atoms with E-state index in [1.54, 1.807) is 19.1 Å². The molecule has 0 saturated heterocycles. The zero-order chi connectivity index (χ0) is 15.4. The molecule has 1 unspecified atom stereocenters. The van der Waals surface area contributed by atoms with Crippen molar-refractivity contribution in [2.24, 2.45) is 11.7 Å². The lowest BCUT2D eigenvalue weighted by Crippen LogP contribution is -2.50. The van der Waals surface area contributed by atoms with Crippen molar-refractivity contribution in [1.29, 1.82) is 0 Å². The number of nitrogens with two attached hydrogens (primary N) is 1. The Bertz CT molecular complexity index is 662. The highest BCUT2D eigenvalue weighted by molar-refractivity contribution is 6.21. The summed E-state index contributed by atoms with van der Waals surface area (Å²) in [6, 6.07) is 4.70. The number of hydrogen-bond acceptors (Lipinski definition) is 4. The van der Waals surface area contributed by atoms with Crippen molar-refractivity contribution in [2.75, 3.05) is 12.4 Å². The zero-order valence-corrected chi connectivity index (χ0v) is 12.0. The molecule has 2 aliphatic rings. The summed E-state index contributed by atoms with van der Waals surface area (Å²) in [5, 5.41) is 2.74. The number of carbonyl (C=O) groups is 3. The van der Waals surface area contributed by atoms with Gasteiger partial charge >= 0.3 is 0 Å². The van der Waals surface area contributed by atoms with E-state index in [1.165, 1.54) is 13.1 Å². The second-order valence-corrected chi connectivity index (χ2v) is 5.94. The fraction of sp³-hybridized carbons (Fsp3) is 0.400. The highest BCUT2D eigenvalue weighted by atomic mass is 16.2. The van der Waals surface area contributed by atoms with Gasteiger partial charge in [-0.25, -0.2) is 0 Å². The SMILES string of the molecule is CN1C(=O)c2ccc(NC(=O)C(C)(N)C3CC3)cc2C1=O. The number of anilines is 1. The van der Waals surface area contributed by atoms with Gasteiger partial charge in [-0.05, 0) is 43.9 Å². The summed E-state index contributed by atoms with van der Waals surface area (Å²) in [5.74, 6) is -0.741. The Balaban J connectivity index is 1.84. The fourth-order valence-electron chi connectivity index (χ4n) is 2.57. The molecule has 1 aromatic rings. The van der Waals surface area contributed by atoms with Crippen molar-refractivity contribution in [2.45, 2.75) is 25.3 Å². The number of carbonyl (C=O) groups excluding carboxylic acids is 3. The molecule has 6 heteroatoms. The van der Waals surface area contributed by atoms with Crippen LogP contribution in [0.2, 0.25) is 0 Å². The molecule has 1 atom stereocenters. The number of rotatable bonds is 3. The molecule has 6 nitrogen and oxygen atoms in total. The minimum atomic E-state index is -0.907. The first-order valence-electron chi connectivity index (χ1n) is 6.89. The molecule has 1 aromatic carbocycles. The zero-order valence-electron chi connectivity index (χ0n) is 12.0. The van der Waals surface area contributed by atoms with Crippen LogP contribution in [0.5, 0.6) is 0 Å². The van der Waals surface area contributed by atoms with E-state index in [0.29, 0.717) is 16.8 Å². The van der Waals surface area contributed by atoms with Crippen LogP contribution < -0.4 is 11.1 Å². The highest BCUT2D eigenvalue weighted by Gasteiger charge is 2.44. The van der Waals surface area contributed by atoms with Gasteiger partial charge in [0.1, 0.15) is 0 Å². The molecule has 3 amide bonds. The standard InChI is InChI=1S/C15H17N3O3/c1-15(16,8-3-4-8)14(21)17-9-5-6-10-11(7-9)13(20)18(2)12(10)19/h5-8H,3-4,16H2,1-2H3,(H,17,21). The predicted octanol–water partition coefficient (Wildman–Crippen LogP) is 0.978. The average molecular weight is 287 g/mol. The molecular formula is C15H17N3O3. The van der Waals surface area contributed by atoms with Crippen LogP contribution in [0.3, 0.4) is 0 Å². The maximum atomic E-state index is 12.2. The average Bonchev–Trinajstić information content (AvgIpc) is 3.27. The molecule has 21 heavy (non-hydrogen) atoms. The molecular weight excluding hydrogens is 270 g/mol. The molecule has 0 spiro atoms. The molecule has 1 aliphatic carbocycles. The van der Waals surface area contributed by atoms with Crippen LogP contribution in [0.4, 0.5) is 5.69 Å². The minimum Gasteiger partial charge on any atom is -0.324 e. The Labute approximate surface area is 122 Å². The van der Waals surface area contributed by atoms with E-state index in [-0.39, 0.29) is 23.6 Å². The van der Waals surface area contributed by atoms with E-state index < -0.39 is 5.54 Å². The lowest BCUT2D eigenvalue weighted by atomic mass is 9.96. The van der Waals surface area contributed by atoms with E-state index in [2.05, 4.69) is 5.32 Å². The molecule has 1 saturated carbocycles. The van der Waals surface area contributed by atoms with Crippen LogP contribution in [0.25, 0.3) is 0 Å². The number of imide groups is 1. The van der Waals surface area contributed by atoms with Gasteiger partial charge in [-0.2, -0.15) is 0 Å². The van der Waals surface area contributed by atoms with Crippen LogP contribution in [-0.2, 0) is 4.79 Å². The van der Waals surface area contributed by atoms with E-state index in [4.69, 9.17) is 5.73 Å². The van der Waals surface area contributed by atoms with Gasteiger partial charge in [0.25, 0.3) is 11.8 Å². The Kier molecular flexibility index (Phi) is 2.88. The first-order valence-corrected chi connectivity index (χ1v) is 6.89. The summed E-state index contributed by atoms with van der Waals surface area (Å²) >= 11 is 0. The van der Waals surface area contributed by atoms with Gasteiger partial charge in [-0.15, -0.1) is 0 Å². The summed E-state index contributed by atoms with van der Waals surface area (Å²) in [5.41, 5.74) is 6.30. The van der Waals surface area contributed by atoms with Crippen LogP contribution in [-0.4, -0.2) is 35.2 Å². The van der Waals surface area contributed by atoms with Crippen LogP contribution >= 0.6 is 0 Å². The van der Waals surface area contributed by atoms with E-state index in [9.17, 15) is 14.4 Å². The first-order chi connectivity index (χ1) is 9.82. The molecule has 3 N–H and O–H groups in total. The van der Waals surface area contributed by atoms with Gasteiger partial charge in [0.2, 0.25) is 5.91 Å². The van der Waals surface area contributed by atoms with Crippen molar-refractivity contribution in [3.63, 3.8) is 0 Å². The van der Waals surface area contributed by atoms with Crippen LogP contribution in [0.1, 0.15) is 40.5 Å². The third kappa shape index (κ3) is 2.12. The molecule has 110 valence electrons. The third-order valence-electron chi connectivity index (χ3n) is 4.26. The van der Waals surface area contributed by atoms with Gasteiger partial charge in [-0.1, -0.05) is 0 Å². The van der Waals surface area contributed by atoms with Crippen molar-refractivity contribution < 1.29 is 14.4 Å². The van der Waals surface area contributed by atoms with Gasteiger partial charge < -0.3 is 11.1 Å². The first kappa shape index (κ1) is 13.8. The van der Waals surface area contributed by atoms with Crippen LogP contribution in [0.15, 0.2) is 18.2 Å². The van der Waals surface area contributed by atoms with Crippen LogP contribution in [0, 0.1) is 5.92 Å².